The smallest absolute Gasteiger partial charge is 0.170 e. The molecule has 2 aromatic carbocycles. The minimum Gasteiger partial charge on any atom is -0.409 e. The molecule has 0 aliphatic heterocycles. The second-order valence-corrected chi connectivity index (χ2v) is 4.55. The summed E-state index contributed by atoms with van der Waals surface area (Å²) < 4.78 is 0. The molecule has 4 N–H and O–H groups in total. The van der Waals surface area contributed by atoms with Crippen molar-refractivity contribution in [2.45, 2.75) is 19.9 Å². The van der Waals surface area contributed by atoms with Gasteiger partial charge in [-0.2, -0.15) is 0 Å². The van der Waals surface area contributed by atoms with Crippen molar-refractivity contribution in [1.82, 2.24) is 0 Å². The average molecular weight is 269 g/mol. The van der Waals surface area contributed by atoms with Gasteiger partial charge in [0.05, 0.1) is 0 Å². The van der Waals surface area contributed by atoms with E-state index in [9.17, 15) is 0 Å². The monoisotopic (exact) mass is 269 g/mol. The summed E-state index contributed by atoms with van der Waals surface area (Å²) in [4.78, 5) is 0. The molecule has 0 saturated carbocycles. The number of rotatable bonds is 5. The van der Waals surface area contributed by atoms with Crippen molar-refractivity contribution in [3.05, 3.63) is 65.2 Å². The molecule has 0 radical (unpaired) electrons. The average Bonchev–Trinajstić information content (AvgIpc) is 2.52. The number of oxime groups is 1. The van der Waals surface area contributed by atoms with Crippen LogP contribution in [0.15, 0.2) is 53.7 Å². The third kappa shape index (κ3) is 3.29. The lowest BCUT2D eigenvalue weighted by Crippen LogP contribution is -2.13. The maximum atomic E-state index is 8.70. The van der Waals surface area contributed by atoms with E-state index in [2.05, 4.69) is 29.5 Å². The number of aryl methyl sites for hydroxylation is 1. The predicted molar refractivity (Wildman–Crippen MR) is 82.1 cm³/mol. The minimum absolute atomic E-state index is 0.126. The molecule has 0 aromatic heterocycles. The summed E-state index contributed by atoms with van der Waals surface area (Å²) in [5, 5.41) is 15.1. The van der Waals surface area contributed by atoms with Crippen LogP contribution >= 0.6 is 0 Å². The number of nitrogens with two attached hydrogens (primary N) is 1. The van der Waals surface area contributed by atoms with Gasteiger partial charge in [0.15, 0.2) is 5.84 Å². The van der Waals surface area contributed by atoms with Crippen LogP contribution in [0.2, 0.25) is 0 Å². The molecule has 4 nitrogen and oxygen atoms in total. The Labute approximate surface area is 118 Å². The van der Waals surface area contributed by atoms with Gasteiger partial charge in [-0.25, -0.2) is 0 Å². The zero-order valence-corrected chi connectivity index (χ0v) is 11.5. The first-order valence-corrected chi connectivity index (χ1v) is 6.63. The molecular formula is C16H19N3O. The SMILES string of the molecule is CCc1ccccc1NCc1cccc(C(N)=NO)c1. The summed E-state index contributed by atoms with van der Waals surface area (Å²) in [5.41, 5.74) is 9.83. The summed E-state index contributed by atoms with van der Waals surface area (Å²) in [6.07, 6.45) is 0.993. The van der Waals surface area contributed by atoms with Crippen molar-refractivity contribution in [2.24, 2.45) is 10.9 Å². The molecule has 0 fully saturated rings. The Morgan fingerprint density at radius 1 is 1.20 bits per heavy atom. The fourth-order valence-electron chi connectivity index (χ4n) is 2.10. The van der Waals surface area contributed by atoms with Crippen LogP contribution in [0.1, 0.15) is 23.6 Å². The fraction of sp³-hybridized carbons (Fsp3) is 0.188. The Morgan fingerprint density at radius 2 is 2.00 bits per heavy atom. The molecule has 0 spiro atoms. The number of anilines is 1. The van der Waals surface area contributed by atoms with E-state index in [1.165, 1.54) is 5.56 Å². The standard InChI is InChI=1S/C16H19N3O/c1-2-13-7-3-4-9-15(13)18-11-12-6-5-8-14(10-12)16(17)19-20/h3-10,18,20H,2,11H2,1H3,(H2,17,19). The summed E-state index contributed by atoms with van der Waals surface area (Å²) >= 11 is 0. The van der Waals surface area contributed by atoms with Crippen LogP contribution in [0.25, 0.3) is 0 Å². The number of amidine groups is 1. The van der Waals surface area contributed by atoms with Crippen LogP contribution < -0.4 is 11.1 Å². The van der Waals surface area contributed by atoms with Crippen molar-refractivity contribution in [2.75, 3.05) is 5.32 Å². The summed E-state index contributed by atoms with van der Waals surface area (Å²) in [5.74, 6) is 0.126. The Balaban J connectivity index is 2.11. The number of para-hydroxylation sites is 1. The van der Waals surface area contributed by atoms with E-state index in [4.69, 9.17) is 10.9 Å². The lowest BCUT2D eigenvalue weighted by Gasteiger charge is -2.11. The van der Waals surface area contributed by atoms with E-state index in [1.54, 1.807) is 0 Å². The van der Waals surface area contributed by atoms with Crippen LogP contribution in [0.4, 0.5) is 5.69 Å². The maximum absolute atomic E-state index is 8.70. The van der Waals surface area contributed by atoms with Crippen LogP contribution in [-0.2, 0) is 13.0 Å². The van der Waals surface area contributed by atoms with Crippen molar-refractivity contribution >= 4 is 11.5 Å². The molecule has 0 atom stereocenters. The van der Waals surface area contributed by atoms with Crippen molar-refractivity contribution in [3.63, 3.8) is 0 Å². The molecule has 2 rings (SSSR count). The van der Waals surface area contributed by atoms with E-state index < -0.39 is 0 Å². The maximum Gasteiger partial charge on any atom is 0.170 e. The van der Waals surface area contributed by atoms with E-state index >= 15 is 0 Å². The van der Waals surface area contributed by atoms with Gasteiger partial charge in [0.25, 0.3) is 0 Å². The van der Waals surface area contributed by atoms with Gasteiger partial charge in [-0.05, 0) is 29.7 Å². The van der Waals surface area contributed by atoms with Crippen LogP contribution in [0.5, 0.6) is 0 Å². The first-order valence-electron chi connectivity index (χ1n) is 6.63. The Kier molecular flexibility index (Phi) is 4.60. The highest BCUT2D eigenvalue weighted by Gasteiger charge is 2.02. The van der Waals surface area contributed by atoms with Gasteiger partial charge in [0.1, 0.15) is 0 Å². The number of hydrogen-bond donors (Lipinski definition) is 3. The topological polar surface area (TPSA) is 70.6 Å². The number of hydrogen-bond acceptors (Lipinski definition) is 3. The van der Waals surface area contributed by atoms with Gasteiger partial charge in [-0.3, -0.25) is 0 Å². The minimum atomic E-state index is 0.126. The number of benzene rings is 2. The van der Waals surface area contributed by atoms with Gasteiger partial charge < -0.3 is 16.3 Å². The quantitative estimate of drug-likeness (QED) is 0.338. The second kappa shape index (κ2) is 6.61. The van der Waals surface area contributed by atoms with E-state index in [0.29, 0.717) is 6.54 Å². The van der Waals surface area contributed by atoms with Gasteiger partial charge in [-0.1, -0.05) is 48.5 Å². The first kappa shape index (κ1) is 13.9. The fourth-order valence-corrected chi connectivity index (χ4v) is 2.10. The van der Waals surface area contributed by atoms with Crippen LogP contribution in [0.3, 0.4) is 0 Å². The third-order valence-corrected chi connectivity index (χ3v) is 3.21. The molecular weight excluding hydrogens is 250 g/mol. The zero-order chi connectivity index (χ0) is 14.4. The van der Waals surface area contributed by atoms with Crippen molar-refractivity contribution < 1.29 is 5.21 Å². The molecule has 4 heteroatoms. The molecule has 0 aliphatic carbocycles. The molecule has 0 bridgehead atoms. The lowest BCUT2D eigenvalue weighted by atomic mass is 10.1. The summed E-state index contributed by atoms with van der Waals surface area (Å²) in [7, 11) is 0. The summed E-state index contributed by atoms with van der Waals surface area (Å²) in [6.45, 7) is 2.84. The summed E-state index contributed by atoms with van der Waals surface area (Å²) in [6, 6.07) is 15.9. The molecule has 0 aliphatic rings. The van der Waals surface area contributed by atoms with Crippen molar-refractivity contribution in [1.29, 1.82) is 0 Å². The van der Waals surface area contributed by atoms with Crippen LogP contribution in [0, 0.1) is 0 Å². The van der Waals surface area contributed by atoms with E-state index in [1.807, 2.05) is 36.4 Å². The van der Waals surface area contributed by atoms with Gasteiger partial charge >= 0.3 is 0 Å². The Hall–Kier alpha value is -2.49. The zero-order valence-electron chi connectivity index (χ0n) is 11.5. The predicted octanol–water partition coefficient (Wildman–Crippen LogP) is 2.96. The number of nitrogens with one attached hydrogen (secondary N) is 1. The molecule has 104 valence electrons. The van der Waals surface area contributed by atoms with E-state index in [0.717, 1.165) is 23.2 Å². The van der Waals surface area contributed by atoms with Gasteiger partial charge in [0, 0.05) is 17.8 Å². The molecule has 0 amide bonds. The molecule has 2 aromatic rings. The highest BCUT2D eigenvalue weighted by Crippen LogP contribution is 2.16. The molecule has 0 saturated heterocycles. The molecule has 20 heavy (non-hydrogen) atoms. The van der Waals surface area contributed by atoms with Crippen molar-refractivity contribution in [3.8, 4) is 0 Å². The Bertz CT molecular complexity index is 608. The van der Waals surface area contributed by atoms with Gasteiger partial charge in [0.2, 0.25) is 0 Å². The first-order chi connectivity index (χ1) is 9.74. The molecule has 0 unspecified atom stereocenters. The molecule has 0 heterocycles. The highest BCUT2D eigenvalue weighted by atomic mass is 16.4. The second-order valence-electron chi connectivity index (χ2n) is 4.55. The van der Waals surface area contributed by atoms with Crippen LogP contribution in [-0.4, -0.2) is 11.0 Å². The lowest BCUT2D eigenvalue weighted by molar-refractivity contribution is 0.318. The normalized spacial score (nSPS) is 11.3. The van der Waals surface area contributed by atoms with E-state index in [-0.39, 0.29) is 5.84 Å². The van der Waals surface area contributed by atoms with Gasteiger partial charge in [-0.15, -0.1) is 0 Å². The Morgan fingerprint density at radius 3 is 2.75 bits per heavy atom. The highest BCUT2D eigenvalue weighted by molar-refractivity contribution is 5.97. The number of nitrogens with zero attached hydrogens (tertiary/aromatic N) is 1. The largest absolute Gasteiger partial charge is 0.409 e. The third-order valence-electron chi connectivity index (χ3n) is 3.21.